The summed E-state index contributed by atoms with van der Waals surface area (Å²) in [5.41, 5.74) is -5.99. The molecule has 1 N–H and O–H groups in total. The highest BCUT2D eigenvalue weighted by molar-refractivity contribution is 9.10. The van der Waals surface area contributed by atoms with Crippen molar-refractivity contribution in [3.05, 3.63) is 80.3 Å². The van der Waals surface area contributed by atoms with Crippen molar-refractivity contribution < 1.29 is 31.4 Å². The molecule has 0 atom stereocenters. The molecule has 154 valence electrons. The molecule has 0 saturated heterocycles. The van der Waals surface area contributed by atoms with Gasteiger partial charge in [-0.05, 0) is 52.9 Å². The molecule has 0 aliphatic heterocycles. The van der Waals surface area contributed by atoms with Crippen LogP contribution in [0.5, 0.6) is 0 Å². The van der Waals surface area contributed by atoms with Crippen LogP contribution >= 0.6 is 27.5 Å². The van der Waals surface area contributed by atoms with E-state index in [1.165, 1.54) is 18.2 Å². The molecule has 0 heterocycles. The van der Waals surface area contributed by atoms with Gasteiger partial charge in [0.25, 0.3) is 5.60 Å². The number of fused-ring (bicyclic) bond motifs is 1. The number of rotatable bonds is 3. The Morgan fingerprint density at radius 2 is 1.48 bits per heavy atom. The lowest BCUT2D eigenvalue weighted by Gasteiger charge is -2.34. The van der Waals surface area contributed by atoms with E-state index >= 15 is 0 Å². The largest absolute Gasteiger partial charge is 0.430 e. The van der Waals surface area contributed by atoms with Crippen LogP contribution in [0, 0.1) is 0 Å². The van der Waals surface area contributed by atoms with Crippen molar-refractivity contribution in [2.24, 2.45) is 0 Å². The van der Waals surface area contributed by atoms with Gasteiger partial charge in [-0.1, -0.05) is 57.9 Å². The van der Waals surface area contributed by atoms with Gasteiger partial charge in [0.2, 0.25) is 0 Å². The van der Waals surface area contributed by atoms with E-state index in [-0.39, 0.29) is 23.1 Å². The van der Waals surface area contributed by atoms with Gasteiger partial charge in [0.05, 0.1) is 0 Å². The van der Waals surface area contributed by atoms with Crippen molar-refractivity contribution in [1.29, 1.82) is 0 Å². The molecule has 0 radical (unpaired) electrons. The van der Waals surface area contributed by atoms with Gasteiger partial charge < -0.3 is 5.11 Å². The van der Waals surface area contributed by atoms with Gasteiger partial charge >= 0.3 is 12.4 Å². The molecule has 1 nitrogen and oxygen atoms in total. The van der Waals surface area contributed by atoms with Gasteiger partial charge in [0.1, 0.15) is 0 Å². The number of alkyl halides is 6. The van der Waals surface area contributed by atoms with Gasteiger partial charge in [-0.25, -0.2) is 0 Å². The van der Waals surface area contributed by atoms with Gasteiger partial charge in [-0.2, -0.15) is 26.3 Å². The van der Waals surface area contributed by atoms with Crippen LogP contribution < -0.4 is 0 Å². The van der Waals surface area contributed by atoms with E-state index in [1.807, 2.05) is 0 Å². The van der Waals surface area contributed by atoms with Gasteiger partial charge in [0.15, 0.2) is 0 Å². The van der Waals surface area contributed by atoms with Crippen LogP contribution in [0.2, 0.25) is 5.02 Å². The summed E-state index contributed by atoms with van der Waals surface area (Å²) in [7, 11) is 0. The summed E-state index contributed by atoms with van der Waals surface area (Å²) in [6, 6.07) is 10.1. The fourth-order valence-corrected chi connectivity index (χ4v) is 3.74. The van der Waals surface area contributed by atoms with Crippen molar-refractivity contribution in [2.75, 3.05) is 0 Å². The van der Waals surface area contributed by atoms with Crippen molar-refractivity contribution in [3.63, 3.8) is 0 Å². The van der Waals surface area contributed by atoms with Crippen LogP contribution in [-0.4, -0.2) is 23.1 Å². The Hall–Kier alpha value is -1.77. The average molecular weight is 498 g/mol. The fourth-order valence-electron chi connectivity index (χ4n) is 3.20. The number of benzene rings is 2. The zero-order valence-electron chi connectivity index (χ0n) is 14.4. The Morgan fingerprint density at radius 3 is 2.03 bits per heavy atom. The highest BCUT2D eigenvalue weighted by Crippen LogP contribution is 2.54. The van der Waals surface area contributed by atoms with E-state index in [1.54, 1.807) is 24.3 Å². The zero-order valence-corrected chi connectivity index (χ0v) is 16.7. The lowest BCUT2D eigenvalue weighted by Crippen LogP contribution is -2.57. The highest BCUT2D eigenvalue weighted by Gasteiger charge is 2.73. The molecule has 9 heteroatoms. The first-order valence-electron chi connectivity index (χ1n) is 8.16. The van der Waals surface area contributed by atoms with Gasteiger partial charge in [-0.15, -0.1) is 0 Å². The van der Waals surface area contributed by atoms with Crippen LogP contribution in [0.1, 0.15) is 16.7 Å². The normalized spacial score (nSPS) is 15.3. The Bertz CT molecular complexity index is 976. The third-order valence-electron chi connectivity index (χ3n) is 4.57. The second-order valence-electron chi connectivity index (χ2n) is 6.47. The summed E-state index contributed by atoms with van der Waals surface area (Å²) in [5, 5.41) is 10.5. The van der Waals surface area contributed by atoms with Crippen molar-refractivity contribution in [1.82, 2.24) is 0 Å². The molecule has 2 aromatic rings. The standard InChI is InChI=1S/C20H12BrClF6O/c21-14-5-8-16-13(10-14)9-12(4-1-11-2-6-15(22)7-3-11)17(16)18(29,19(23,24)25)20(26,27)28/h1-8,10,29H,9H2/b4-1+. The molecule has 1 aliphatic carbocycles. The molecule has 0 unspecified atom stereocenters. The Kier molecular flexibility index (Phi) is 5.66. The SMILES string of the molecule is OC(C1=C(/C=C/c2ccc(Cl)cc2)Cc2cc(Br)ccc21)(C(F)(F)F)C(F)(F)F. The summed E-state index contributed by atoms with van der Waals surface area (Å²) < 4.78 is 81.8. The van der Waals surface area contributed by atoms with Crippen LogP contribution in [0.3, 0.4) is 0 Å². The minimum atomic E-state index is -5.96. The molecule has 29 heavy (non-hydrogen) atoms. The number of hydrogen-bond acceptors (Lipinski definition) is 1. The molecule has 1 aliphatic rings. The van der Waals surface area contributed by atoms with Crippen molar-refractivity contribution in [3.8, 4) is 0 Å². The molecule has 0 saturated carbocycles. The molecule has 0 fully saturated rings. The first-order chi connectivity index (χ1) is 13.3. The first-order valence-corrected chi connectivity index (χ1v) is 9.33. The topological polar surface area (TPSA) is 20.2 Å². The van der Waals surface area contributed by atoms with Crippen LogP contribution in [-0.2, 0) is 6.42 Å². The summed E-state index contributed by atoms with van der Waals surface area (Å²) in [5.74, 6) is 0. The van der Waals surface area contributed by atoms with Gasteiger partial charge in [-0.3, -0.25) is 0 Å². The maximum absolute atomic E-state index is 13.6. The maximum atomic E-state index is 13.6. The first kappa shape index (κ1) is 21.9. The molecule has 0 spiro atoms. The molecular weight excluding hydrogens is 486 g/mol. The van der Waals surface area contributed by atoms with Crippen LogP contribution in [0.15, 0.2) is 58.6 Å². The van der Waals surface area contributed by atoms with Crippen molar-refractivity contribution in [2.45, 2.75) is 24.4 Å². The number of hydrogen-bond donors (Lipinski definition) is 1. The number of allylic oxidation sites excluding steroid dienone is 2. The minimum absolute atomic E-state index is 0.192. The summed E-state index contributed by atoms with van der Waals surface area (Å²) in [6.07, 6.45) is -9.58. The maximum Gasteiger partial charge on any atom is 0.430 e. The Labute approximate surface area is 175 Å². The molecule has 0 amide bonds. The lowest BCUT2D eigenvalue weighted by molar-refractivity contribution is -0.342. The van der Waals surface area contributed by atoms with E-state index in [0.29, 0.717) is 15.1 Å². The second-order valence-corrected chi connectivity index (χ2v) is 7.82. The van der Waals surface area contributed by atoms with Crippen molar-refractivity contribution >= 4 is 39.2 Å². The molecule has 0 aromatic heterocycles. The third kappa shape index (κ3) is 3.98. The molecule has 3 rings (SSSR count). The van der Waals surface area contributed by atoms with E-state index in [4.69, 9.17) is 11.6 Å². The van der Waals surface area contributed by atoms with E-state index in [0.717, 1.165) is 12.1 Å². The summed E-state index contributed by atoms with van der Waals surface area (Å²) >= 11 is 8.94. The van der Waals surface area contributed by atoms with Crippen LogP contribution in [0.25, 0.3) is 11.6 Å². The molecule has 0 bridgehead atoms. The van der Waals surface area contributed by atoms with Crippen LogP contribution in [0.4, 0.5) is 26.3 Å². The smallest absolute Gasteiger partial charge is 0.369 e. The summed E-state index contributed by atoms with van der Waals surface area (Å²) in [4.78, 5) is 0. The highest BCUT2D eigenvalue weighted by atomic mass is 79.9. The summed E-state index contributed by atoms with van der Waals surface area (Å²) in [6.45, 7) is 0. The van der Waals surface area contributed by atoms with E-state index in [9.17, 15) is 31.4 Å². The lowest BCUT2D eigenvalue weighted by atomic mass is 9.86. The average Bonchev–Trinajstić information content (AvgIpc) is 2.96. The van der Waals surface area contributed by atoms with Gasteiger partial charge in [0, 0.05) is 15.1 Å². The Balaban J connectivity index is 2.22. The third-order valence-corrected chi connectivity index (χ3v) is 5.31. The zero-order chi connectivity index (χ0) is 21.6. The fraction of sp³-hybridized carbons (Fsp3) is 0.200. The minimum Gasteiger partial charge on any atom is -0.369 e. The predicted molar refractivity (Wildman–Crippen MR) is 102 cm³/mol. The van der Waals surface area contributed by atoms with E-state index < -0.39 is 23.5 Å². The predicted octanol–water partition coefficient (Wildman–Crippen LogP) is 6.98. The Morgan fingerprint density at radius 1 is 0.897 bits per heavy atom. The monoisotopic (exact) mass is 496 g/mol. The second kappa shape index (κ2) is 7.49. The molecular formula is C20H12BrClF6O. The molecule has 2 aromatic carbocycles. The van der Waals surface area contributed by atoms with E-state index in [2.05, 4.69) is 15.9 Å². The number of halogens is 8. The number of aliphatic hydroxyl groups is 1. The quantitative estimate of drug-likeness (QED) is 0.454.